The topological polar surface area (TPSA) is 36.9 Å². The van der Waals surface area contributed by atoms with Crippen LogP contribution in [0.3, 0.4) is 0 Å². The number of rotatable bonds is 1. The molecule has 0 radical (unpaired) electrons. The summed E-state index contributed by atoms with van der Waals surface area (Å²) in [6.45, 7) is 0.0704. The van der Waals surface area contributed by atoms with Gasteiger partial charge >= 0.3 is 0 Å². The van der Waals surface area contributed by atoms with Crippen molar-refractivity contribution in [2.45, 2.75) is 0 Å². The number of hydrogen-bond donors (Lipinski definition) is 0. The number of benzene rings is 6. The number of para-hydroxylation sites is 3. The molecule has 0 saturated carbocycles. The van der Waals surface area contributed by atoms with Crippen LogP contribution in [-0.2, 0) is 0 Å². The average Bonchev–Trinajstić information content (AvgIpc) is 3.04. The lowest BCUT2D eigenvalue weighted by atomic mass is 9.34. The first kappa shape index (κ1) is 22.4. The number of hydrogen-bond acceptors (Lipinski definition) is 4. The molecule has 0 aromatic heterocycles. The molecule has 0 bridgehead atoms. The summed E-state index contributed by atoms with van der Waals surface area (Å²) < 4.78 is 25.9. The van der Waals surface area contributed by atoms with E-state index in [9.17, 15) is 0 Å². The van der Waals surface area contributed by atoms with Gasteiger partial charge in [0.05, 0.1) is 0 Å². The predicted octanol–water partition coefficient (Wildman–Crippen LogP) is 4.81. The summed E-state index contributed by atoms with van der Waals surface area (Å²) in [6, 6.07) is 41.7. The molecule has 42 heavy (non-hydrogen) atoms. The molecule has 0 spiro atoms. The first-order valence-electron chi connectivity index (χ1n) is 14.2. The van der Waals surface area contributed by atoms with Crippen molar-refractivity contribution in [1.29, 1.82) is 0 Å². The maximum Gasteiger partial charge on any atom is 0.260 e. The fourth-order valence-corrected chi connectivity index (χ4v) is 7.12. The molecule has 4 aliphatic rings. The van der Waals surface area contributed by atoms with Crippen LogP contribution >= 0.6 is 0 Å². The largest absolute Gasteiger partial charge is 0.458 e. The Balaban J connectivity index is 1.16. The van der Waals surface area contributed by atoms with E-state index in [2.05, 4.69) is 78.9 Å². The second-order valence-electron chi connectivity index (χ2n) is 11.2. The van der Waals surface area contributed by atoms with Gasteiger partial charge in [-0.25, -0.2) is 0 Å². The van der Waals surface area contributed by atoms with Crippen molar-refractivity contribution in [3.05, 3.63) is 121 Å². The van der Waals surface area contributed by atoms with Gasteiger partial charge in [-0.1, -0.05) is 72.8 Å². The van der Waals surface area contributed by atoms with Crippen LogP contribution in [0.2, 0.25) is 0 Å². The van der Waals surface area contributed by atoms with Gasteiger partial charge in [0, 0.05) is 10.9 Å². The minimum absolute atomic E-state index is 0.0106. The second-order valence-corrected chi connectivity index (χ2v) is 11.2. The van der Waals surface area contributed by atoms with Gasteiger partial charge < -0.3 is 18.9 Å². The van der Waals surface area contributed by atoms with Crippen LogP contribution in [0.4, 0.5) is 0 Å². The maximum absolute atomic E-state index is 6.55. The van der Waals surface area contributed by atoms with Gasteiger partial charge in [-0.2, -0.15) is 0 Å². The van der Waals surface area contributed by atoms with Gasteiger partial charge in [0.2, 0.25) is 0 Å². The summed E-state index contributed by atoms with van der Waals surface area (Å²) in [7, 11) is 0. The van der Waals surface area contributed by atoms with E-state index >= 15 is 0 Å². The summed E-state index contributed by atoms with van der Waals surface area (Å²) in [5, 5.41) is 0. The van der Waals surface area contributed by atoms with Crippen molar-refractivity contribution in [2.75, 3.05) is 0 Å². The first-order valence-corrected chi connectivity index (χ1v) is 14.2. The molecule has 0 N–H and O–H groups in total. The van der Waals surface area contributed by atoms with Crippen LogP contribution in [0.5, 0.6) is 46.0 Å². The molecule has 4 heterocycles. The molecule has 0 aliphatic carbocycles. The lowest BCUT2D eigenvalue weighted by Gasteiger charge is -2.34. The van der Waals surface area contributed by atoms with Crippen molar-refractivity contribution in [3.8, 4) is 57.1 Å². The fourth-order valence-electron chi connectivity index (χ4n) is 7.12. The van der Waals surface area contributed by atoms with E-state index in [0.29, 0.717) is 0 Å². The molecule has 4 nitrogen and oxygen atoms in total. The SMILES string of the molecule is c1ccc2c(c1)Oc1cc(-c3ccc4c(c3)B3c5ccccc5Oc5cccc(c53)O4)cc3c1B2c1ccccc1O3. The molecule has 4 aliphatic heterocycles. The zero-order valence-corrected chi connectivity index (χ0v) is 22.3. The van der Waals surface area contributed by atoms with E-state index in [0.717, 1.165) is 89.9 Å². The van der Waals surface area contributed by atoms with Gasteiger partial charge in [0.25, 0.3) is 13.4 Å². The fraction of sp³-hybridized carbons (Fsp3) is 0. The Morgan fingerprint density at radius 3 is 1.31 bits per heavy atom. The van der Waals surface area contributed by atoms with E-state index in [1.54, 1.807) is 0 Å². The van der Waals surface area contributed by atoms with Crippen LogP contribution in [0, 0.1) is 0 Å². The van der Waals surface area contributed by atoms with Crippen molar-refractivity contribution in [2.24, 2.45) is 0 Å². The minimum atomic E-state index is 0.0106. The lowest BCUT2D eigenvalue weighted by molar-refractivity contribution is 0.464. The van der Waals surface area contributed by atoms with Gasteiger partial charge in [-0.15, -0.1) is 0 Å². The zero-order valence-electron chi connectivity index (χ0n) is 22.3. The second kappa shape index (κ2) is 8.11. The third kappa shape index (κ3) is 2.98. The molecule has 6 heteroatoms. The third-order valence-electron chi connectivity index (χ3n) is 8.93. The molecular formula is C36H20B2O4. The molecule has 0 amide bonds. The molecule has 194 valence electrons. The maximum atomic E-state index is 6.55. The van der Waals surface area contributed by atoms with Gasteiger partial charge in [-0.3, -0.25) is 0 Å². The van der Waals surface area contributed by atoms with E-state index in [-0.39, 0.29) is 13.4 Å². The standard InChI is InChI=1S/C36H20B2O4/c1-5-12-28-23(8-1)37-24-9-2-6-13-29(24)42-34-20-22(19-33(41-28)36(34)37)21-16-17-30-26(18-21)38-25-10-3-4-11-27(25)39-31-14-7-15-32(40-30)35(31)38/h1-20H. The first-order chi connectivity index (χ1) is 20.8. The summed E-state index contributed by atoms with van der Waals surface area (Å²) in [5.41, 5.74) is 8.83. The summed E-state index contributed by atoms with van der Waals surface area (Å²) in [6.07, 6.45) is 0. The van der Waals surface area contributed by atoms with Crippen molar-refractivity contribution in [3.63, 3.8) is 0 Å². The van der Waals surface area contributed by atoms with E-state index in [1.165, 1.54) is 0 Å². The molecular weight excluding hydrogens is 518 g/mol. The molecule has 0 fully saturated rings. The highest BCUT2D eigenvalue weighted by atomic mass is 16.5. The van der Waals surface area contributed by atoms with Gasteiger partial charge in [-0.05, 0) is 81.5 Å². The van der Waals surface area contributed by atoms with E-state index < -0.39 is 0 Å². The Morgan fingerprint density at radius 2 is 0.738 bits per heavy atom. The van der Waals surface area contributed by atoms with E-state index in [1.807, 2.05) is 42.5 Å². The summed E-state index contributed by atoms with van der Waals surface area (Å²) >= 11 is 0. The molecule has 0 unspecified atom stereocenters. The Labute approximate surface area is 243 Å². The Kier molecular flexibility index (Phi) is 4.32. The normalized spacial score (nSPS) is 13.9. The van der Waals surface area contributed by atoms with E-state index in [4.69, 9.17) is 18.9 Å². The number of ether oxygens (including phenoxy) is 4. The molecule has 0 saturated heterocycles. The van der Waals surface area contributed by atoms with Crippen LogP contribution in [0.25, 0.3) is 11.1 Å². The quantitative estimate of drug-likeness (QED) is 0.282. The van der Waals surface area contributed by atoms with Gasteiger partial charge in [0.1, 0.15) is 46.0 Å². The molecule has 10 rings (SSSR count). The molecule has 6 aromatic rings. The molecule has 6 aromatic carbocycles. The Hall–Kier alpha value is -5.35. The van der Waals surface area contributed by atoms with Crippen LogP contribution in [0.15, 0.2) is 121 Å². The van der Waals surface area contributed by atoms with Gasteiger partial charge in [0.15, 0.2) is 0 Å². The van der Waals surface area contributed by atoms with Crippen LogP contribution in [-0.4, -0.2) is 13.4 Å². The van der Waals surface area contributed by atoms with Crippen molar-refractivity contribution < 1.29 is 18.9 Å². The number of fused-ring (bicyclic) bond motifs is 8. The smallest absolute Gasteiger partial charge is 0.260 e. The lowest BCUT2D eigenvalue weighted by Crippen LogP contribution is -2.57. The summed E-state index contributed by atoms with van der Waals surface area (Å²) in [4.78, 5) is 0. The highest BCUT2D eigenvalue weighted by molar-refractivity contribution is 6.99. The molecule has 0 atom stereocenters. The predicted molar refractivity (Wildman–Crippen MR) is 167 cm³/mol. The zero-order chi connectivity index (χ0) is 27.4. The van der Waals surface area contributed by atoms with Crippen molar-refractivity contribution >= 4 is 46.2 Å². The van der Waals surface area contributed by atoms with Crippen molar-refractivity contribution in [1.82, 2.24) is 0 Å². The Morgan fingerprint density at radius 1 is 0.310 bits per heavy atom. The van der Waals surface area contributed by atoms with Crippen LogP contribution < -0.4 is 51.7 Å². The monoisotopic (exact) mass is 538 g/mol. The summed E-state index contributed by atoms with van der Waals surface area (Å²) in [5.74, 6) is 6.87. The highest BCUT2D eigenvalue weighted by Crippen LogP contribution is 2.39. The average molecular weight is 538 g/mol. The minimum Gasteiger partial charge on any atom is -0.458 e. The Bertz CT molecular complexity index is 2050. The highest BCUT2D eigenvalue weighted by Gasteiger charge is 2.42. The third-order valence-corrected chi connectivity index (χ3v) is 8.93. The van der Waals surface area contributed by atoms with Crippen LogP contribution in [0.1, 0.15) is 0 Å².